The average Bonchev–Trinajstić information content (AvgIpc) is 2.30. The van der Waals surface area contributed by atoms with Crippen LogP contribution in [0.25, 0.3) is 0 Å². The summed E-state index contributed by atoms with van der Waals surface area (Å²) in [5.74, 6) is 0.000432. The Balaban J connectivity index is 2.48. The Morgan fingerprint density at radius 2 is 2.17 bits per heavy atom. The van der Waals surface area contributed by atoms with Gasteiger partial charge in [-0.25, -0.2) is 0 Å². The summed E-state index contributed by atoms with van der Waals surface area (Å²) in [4.78, 5) is 11.1. The average molecular weight is 251 g/mol. The van der Waals surface area contributed by atoms with Crippen LogP contribution in [0.4, 0.5) is 11.4 Å². The molecule has 0 aliphatic rings. The third-order valence-corrected chi connectivity index (χ3v) is 2.38. The van der Waals surface area contributed by atoms with Gasteiger partial charge in [-0.2, -0.15) is 0 Å². The van der Waals surface area contributed by atoms with Crippen LogP contribution in [0.3, 0.4) is 0 Å². The van der Waals surface area contributed by atoms with Crippen molar-refractivity contribution in [1.29, 1.82) is 0 Å². The van der Waals surface area contributed by atoms with E-state index in [-0.39, 0.29) is 0 Å². The van der Waals surface area contributed by atoms with Crippen molar-refractivity contribution in [3.8, 4) is 0 Å². The zero-order valence-corrected chi connectivity index (χ0v) is 10.9. The molecule has 0 saturated carbocycles. The lowest BCUT2D eigenvalue weighted by molar-refractivity contribution is 0.100. The summed E-state index contributed by atoms with van der Waals surface area (Å²) in [5, 5.41) is 3.12. The second-order valence-electron chi connectivity index (χ2n) is 4.53. The van der Waals surface area contributed by atoms with E-state index in [4.69, 9.17) is 16.2 Å². The minimum absolute atomic E-state index is 0.336. The zero-order chi connectivity index (χ0) is 13.5. The third-order valence-electron chi connectivity index (χ3n) is 2.38. The lowest BCUT2D eigenvalue weighted by Gasteiger charge is -2.12. The van der Waals surface area contributed by atoms with Crippen molar-refractivity contribution in [1.82, 2.24) is 0 Å². The van der Waals surface area contributed by atoms with Gasteiger partial charge in [0.1, 0.15) is 0 Å². The van der Waals surface area contributed by atoms with E-state index in [1.54, 1.807) is 12.1 Å². The molecule has 0 heterocycles. The van der Waals surface area contributed by atoms with Crippen LogP contribution in [-0.4, -0.2) is 25.7 Å². The number of benzene rings is 1. The van der Waals surface area contributed by atoms with E-state index in [0.717, 1.165) is 6.61 Å². The molecule has 1 aromatic rings. The van der Waals surface area contributed by atoms with Gasteiger partial charge in [0.25, 0.3) is 5.91 Å². The lowest BCUT2D eigenvalue weighted by atomic mass is 10.1. The van der Waals surface area contributed by atoms with Crippen LogP contribution in [0.15, 0.2) is 18.2 Å². The number of carbonyl (C=O) groups excluding carboxylic acids is 1. The number of hydrogen-bond donors (Lipinski definition) is 3. The van der Waals surface area contributed by atoms with E-state index in [9.17, 15) is 4.79 Å². The minimum atomic E-state index is -0.521. The summed E-state index contributed by atoms with van der Waals surface area (Å²) in [6.45, 7) is 6.17. The fourth-order valence-corrected chi connectivity index (χ4v) is 1.51. The maximum Gasteiger partial charge on any atom is 0.250 e. The van der Waals surface area contributed by atoms with E-state index in [1.165, 1.54) is 0 Å². The number of nitrogen functional groups attached to an aromatic ring is 1. The molecule has 1 amide bonds. The summed E-state index contributed by atoms with van der Waals surface area (Å²) < 4.78 is 5.44. The van der Waals surface area contributed by atoms with Gasteiger partial charge < -0.3 is 21.5 Å². The van der Waals surface area contributed by atoms with Crippen molar-refractivity contribution < 1.29 is 9.53 Å². The number of ether oxygens (including phenoxy) is 1. The lowest BCUT2D eigenvalue weighted by Crippen LogP contribution is -2.16. The van der Waals surface area contributed by atoms with Crippen LogP contribution in [0.5, 0.6) is 0 Å². The van der Waals surface area contributed by atoms with E-state index < -0.39 is 5.91 Å². The van der Waals surface area contributed by atoms with Crippen molar-refractivity contribution in [3.63, 3.8) is 0 Å². The van der Waals surface area contributed by atoms with Crippen molar-refractivity contribution in [2.75, 3.05) is 30.8 Å². The molecule has 5 nitrogen and oxygen atoms in total. The molecular weight excluding hydrogens is 230 g/mol. The molecule has 0 aromatic heterocycles. The molecule has 0 spiro atoms. The summed E-state index contributed by atoms with van der Waals surface area (Å²) in [6.07, 6.45) is 0. The zero-order valence-electron chi connectivity index (χ0n) is 10.9. The standard InChI is InChI=1S/C13H21N3O2/c1-9(2)8-18-7-6-16-11-5-3-4-10(12(11)14)13(15)17/h3-5,9,16H,6-8,14H2,1-2H3,(H2,15,17). The summed E-state index contributed by atoms with van der Waals surface area (Å²) in [6, 6.07) is 5.16. The van der Waals surface area contributed by atoms with E-state index >= 15 is 0 Å². The molecule has 0 aliphatic heterocycles. The number of primary amides is 1. The first-order valence-electron chi connectivity index (χ1n) is 6.02. The van der Waals surface area contributed by atoms with Gasteiger partial charge in [-0.15, -0.1) is 0 Å². The van der Waals surface area contributed by atoms with Crippen LogP contribution in [0.2, 0.25) is 0 Å². The molecule has 1 aromatic carbocycles. The molecule has 5 N–H and O–H groups in total. The highest BCUT2D eigenvalue weighted by molar-refractivity contribution is 6.00. The molecule has 0 unspecified atom stereocenters. The van der Waals surface area contributed by atoms with Gasteiger partial charge in [-0.1, -0.05) is 19.9 Å². The number of nitrogens with two attached hydrogens (primary N) is 2. The van der Waals surface area contributed by atoms with Crippen molar-refractivity contribution in [2.45, 2.75) is 13.8 Å². The van der Waals surface area contributed by atoms with Crippen molar-refractivity contribution in [3.05, 3.63) is 23.8 Å². The number of rotatable bonds is 7. The predicted octanol–water partition coefficient (Wildman–Crippen LogP) is 1.45. The van der Waals surface area contributed by atoms with Gasteiger partial charge in [0.2, 0.25) is 0 Å². The molecule has 18 heavy (non-hydrogen) atoms. The number of nitrogens with one attached hydrogen (secondary N) is 1. The molecule has 0 bridgehead atoms. The summed E-state index contributed by atoms with van der Waals surface area (Å²) in [7, 11) is 0. The first kappa shape index (κ1) is 14.3. The second kappa shape index (κ2) is 6.86. The maximum absolute atomic E-state index is 11.1. The predicted molar refractivity (Wildman–Crippen MR) is 73.5 cm³/mol. The van der Waals surface area contributed by atoms with Gasteiger partial charge in [-0.05, 0) is 18.1 Å². The molecular formula is C13H21N3O2. The minimum Gasteiger partial charge on any atom is -0.396 e. The van der Waals surface area contributed by atoms with Crippen LogP contribution in [0.1, 0.15) is 24.2 Å². The third kappa shape index (κ3) is 4.25. The Morgan fingerprint density at radius 3 is 2.78 bits per heavy atom. The van der Waals surface area contributed by atoms with Crippen LogP contribution in [-0.2, 0) is 4.74 Å². The second-order valence-corrected chi connectivity index (χ2v) is 4.53. The van der Waals surface area contributed by atoms with Gasteiger partial charge in [0.15, 0.2) is 0 Å². The quantitative estimate of drug-likeness (QED) is 0.505. The Labute approximate surface area is 107 Å². The molecule has 0 fully saturated rings. The van der Waals surface area contributed by atoms with E-state index in [2.05, 4.69) is 19.2 Å². The highest BCUT2D eigenvalue weighted by Crippen LogP contribution is 2.21. The van der Waals surface area contributed by atoms with Gasteiger partial charge >= 0.3 is 0 Å². The Morgan fingerprint density at radius 1 is 1.44 bits per heavy atom. The SMILES string of the molecule is CC(C)COCCNc1cccc(C(N)=O)c1N. The van der Waals surface area contributed by atoms with E-state index in [1.807, 2.05) is 6.07 Å². The first-order chi connectivity index (χ1) is 8.52. The molecule has 0 radical (unpaired) electrons. The largest absolute Gasteiger partial charge is 0.396 e. The topological polar surface area (TPSA) is 90.4 Å². The highest BCUT2D eigenvalue weighted by Gasteiger charge is 2.08. The summed E-state index contributed by atoms with van der Waals surface area (Å²) >= 11 is 0. The summed E-state index contributed by atoms with van der Waals surface area (Å²) in [5.41, 5.74) is 12.5. The fraction of sp³-hybridized carbons (Fsp3) is 0.462. The molecule has 1 rings (SSSR count). The van der Waals surface area contributed by atoms with Crippen molar-refractivity contribution >= 4 is 17.3 Å². The molecule has 0 saturated heterocycles. The molecule has 0 atom stereocenters. The number of anilines is 2. The van der Waals surface area contributed by atoms with Crippen LogP contribution in [0, 0.1) is 5.92 Å². The van der Waals surface area contributed by atoms with Gasteiger partial charge in [-0.3, -0.25) is 4.79 Å². The Hall–Kier alpha value is -1.75. The normalized spacial score (nSPS) is 10.6. The number of para-hydroxylation sites is 1. The maximum atomic E-state index is 11.1. The number of hydrogen-bond acceptors (Lipinski definition) is 4. The fourth-order valence-electron chi connectivity index (χ4n) is 1.51. The Bertz CT molecular complexity index is 405. The van der Waals surface area contributed by atoms with Crippen LogP contribution >= 0.6 is 0 Å². The monoisotopic (exact) mass is 251 g/mol. The van der Waals surface area contributed by atoms with Gasteiger partial charge in [0.05, 0.1) is 23.5 Å². The van der Waals surface area contributed by atoms with Crippen molar-refractivity contribution in [2.24, 2.45) is 11.7 Å². The van der Waals surface area contributed by atoms with E-state index in [0.29, 0.717) is 36.0 Å². The van der Waals surface area contributed by atoms with Gasteiger partial charge in [0, 0.05) is 13.2 Å². The molecule has 5 heteroatoms. The molecule has 100 valence electrons. The number of amides is 1. The highest BCUT2D eigenvalue weighted by atomic mass is 16.5. The Kier molecular flexibility index (Phi) is 5.45. The van der Waals surface area contributed by atoms with Crippen LogP contribution < -0.4 is 16.8 Å². The first-order valence-corrected chi connectivity index (χ1v) is 6.02. The molecule has 0 aliphatic carbocycles. The smallest absolute Gasteiger partial charge is 0.250 e. The number of carbonyl (C=O) groups is 1.